The maximum absolute atomic E-state index is 12.5. The molecule has 0 radical (unpaired) electrons. The van der Waals surface area contributed by atoms with Gasteiger partial charge in [-0.3, -0.25) is 0 Å². The Labute approximate surface area is 119 Å². The van der Waals surface area contributed by atoms with Gasteiger partial charge in [0.2, 0.25) is 0 Å². The van der Waals surface area contributed by atoms with Crippen LogP contribution in [0.5, 0.6) is 0 Å². The summed E-state index contributed by atoms with van der Waals surface area (Å²) in [5.41, 5.74) is 0.244. The normalized spacial score (nSPS) is 24.3. The lowest BCUT2D eigenvalue weighted by Gasteiger charge is -2.36. The number of benzene rings is 1. The van der Waals surface area contributed by atoms with Crippen LogP contribution in [0, 0.1) is 0 Å². The van der Waals surface area contributed by atoms with Crippen molar-refractivity contribution < 1.29 is 13.2 Å². The van der Waals surface area contributed by atoms with Crippen molar-refractivity contribution in [3.05, 3.63) is 29.8 Å². The van der Waals surface area contributed by atoms with E-state index in [0.717, 1.165) is 30.7 Å². The molecular formula is C14H17BrF3N. The van der Waals surface area contributed by atoms with E-state index < -0.39 is 11.7 Å². The van der Waals surface area contributed by atoms with Gasteiger partial charge in [-0.05, 0) is 37.1 Å². The van der Waals surface area contributed by atoms with Crippen molar-refractivity contribution in [3.63, 3.8) is 0 Å². The zero-order valence-electron chi connectivity index (χ0n) is 10.8. The molecule has 2 unspecified atom stereocenters. The number of nitrogens with zero attached hydrogens (tertiary/aromatic N) is 1. The predicted molar refractivity (Wildman–Crippen MR) is 74.8 cm³/mol. The Kier molecular flexibility index (Phi) is 4.43. The van der Waals surface area contributed by atoms with E-state index >= 15 is 0 Å². The predicted octanol–water partition coefficient (Wildman–Crippen LogP) is 4.85. The van der Waals surface area contributed by atoms with E-state index in [1.807, 2.05) is 7.05 Å². The average molecular weight is 336 g/mol. The first-order chi connectivity index (χ1) is 8.89. The quantitative estimate of drug-likeness (QED) is 0.698. The Bertz CT molecular complexity index is 416. The first-order valence-corrected chi connectivity index (χ1v) is 7.35. The van der Waals surface area contributed by atoms with Gasteiger partial charge < -0.3 is 4.90 Å². The van der Waals surface area contributed by atoms with Crippen LogP contribution in [0.4, 0.5) is 18.9 Å². The largest absolute Gasteiger partial charge is 0.416 e. The van der Waals surface area contributed by atoms with E-state index in [2.05, 4.69) is 20.8 Å². The van der Waals surface area contributed by atoms with Gasteiger partial charge in [0.1, 0.15) is 0 Å². The fourth-order valence-electron chi connectivity index (χ4n) is 2.58. The first-order valence-electron chi connectivity index (χ1n) is 6.44. The highest BCUT2D eigenvalue weighted by molar-refractivity contribution is 9.09. The molecule has 1 fully saturated rings. The zero-order valence-corrected chi connectivity index (χ0v) is 12.3. The lowest BCUT2D eigenvalue weighted by atomic mass is 9.94. The van der Waals surface area contributed by atoms with Gasteiger partial charge in [0.05, 0.1) is 5.56 Å². The number of hydrogen-bond acceptors (Lipinski definition) is 1. The summed E-state index contributed by atoms with van der Waals surface area (Å²) in [6, 6.07) is 5.76. The van der Waals surface area contributed by atoms with E-state index in [1.165, 1.54) is 12.8 Å². The second kappa shape index (κ2) is 5.73. The van der Waals surface area contributed by atoms with Crippen LogP contribution >= 0.6 is 15.9 Å². The summed E-state index contributed by atoms with van der Waals surface area (Å²) in [5, 5.41) is 0. The van der Waals surface area contributed by atoms with E-state index in [0.29, 0.717) is 10.9 Å². The minimum Gasteiger partial charge on any atom is -0.370 e. The molecule has 1 aromatic rings. The standard InChI is InChI=1S/C14H17BrF3N/c1-19(13-5-3-2-4-12(13)15)11-8-6-10(7-9-11)14(16,17)18/h6-9,12-13H,2-5H2,1H3. The molecule has 5 heteroatoms. The molecule has 1 aliphatic carbocycles. The first kappa shape index (κ1) is 14.7. The number of anilines is 1. The zero-order chi connectivity index (χ0) is 14.0. The van der Waals surface area contributed by atoms with E-state index in [4.69, 9.17) is 0 Å². The second-order valence-corrected chi connectivity index (χ2v) is 6.20. The van der Waals surface area contributed by atoms with E-state index in [1.54, 1.807) is 12.1 Å². The molecule has 0 bridgehead atoms. The molecule has 106 valence electrons. The third-order valence-electron chi connectivity index (χ3n) is 3.75. The van der Waals surface area contributed by atoms with E-state index in [9.17, 15) is 13.2 Å². The summed E-state index contributed by atoms with van der Waals surface area (Å²) < 4.78 is 37.5. The summed E-state index contributed by atoms with van der Waals surface area (Å²) in [6.07, 6.45) is 0.327. The summed E-state index contributed by atoms with van der Waals surface area (Å²) in [5.74, 6) is 0. The number of hydrogen-bond donors (Lipinski definition) is 0. The van der Waals surface area contributed by atoms with Gasteiger partial charge in [0.25, 0.3) is 0 Å². The Morgan fingerprint density at radius 3 is 2.21 bits per heavy atom. The van der Waals surface area contributed by atoms with Gasteiger partial charge >= 0.3 is 6.18 Å². The summed E-state index contributed by atoms with van der Waals surface area (Å²) >= 11 is 3.68. The lowest BCUT2D eigenvalue weighted by Crippen LogP contribution is -2.40. The number of alkyl halides is 4. The lowest BCUT2D eigenvalue weighted by molar-refractivity contribution is -0.137. The Balaban J connectivity index is 2.13. The third-order valence-corrected chi connectivity index (χ3v) is 4.81. The average Bonchev–Trinajstić information content (AvgIpc) is 2.38. The van der Waals surface area contributed by atoms with Crippen molar-refractivity contribution in [2.24, 2.45) is 0 Å². The molecule has 1 nitrogen and oxygen atoms in total. The van der Waals surface area contributed by atoms with Crippen LogP contribution in [0.2, 0.25) is 0 Å². The maximum Gasteiger partial charge on any atom is 0.416 e. The molecule has 0 aliphatic heterocycles. The van der Waals surface area contributed by atoms with Crippen LogP contribution in [-0.2, 0) is 6.18 Å². The number of halogens is 4. The molecule has 1 aromatic carbocycles. The molecule has 0 heterocycles. The van der Waals surface area contributed by atoms with Gasteiger partial charge in [-0.1, -0.05) is 28.8 Å². The van der Waals surface area contributed by atoms with Crippen molar-refractivity contribution in [2.75, 3.05) is 11.9 Å². The fourth-order valence-corrected chi connectivity index (χ4v) is 3.52. The molecular weight excluding hydrogens is 319 g/mol. The van der Waals surface area contributed by atoms with Crippen molar-refractivity contribution >= 4 is 21.6 Å². The minimum atomic E-state index is -4.26. The highest BCUT2D eigenvalue weighted by Gasteiger charge is 2.31. The summed E-state index contributed by atoms with van der Waals surface area (Å²) in [6.45, 7) is 0. The van der Waals surface area contributed by atoms with Gasteiger partial charge in [-0.15, -0.1) is 0 Å². The summed E-state index contributed by atoms with van der Waals surface area (Å²) in [4.78, 5) is 2.49. The molecule has 0 saturated heterocycles. The summed E-state index contributed by atoms with van der Waals surface area (Å²) in [7, 11) is 1.95. The Morgan fingerprint density at radius 2 is 1.68 bits per heavy atom. The van der Waals surface area contributed by atoms with Crippen LogP contribution in [-0.4, -0.2) is 17.9 Å². The van der Waals surface area contributed by atoms with Gasteiger partial charge in [-0.25, -0.2) is 0 Å². The van der Waals surface area contributed by atoms with Gasteiger partial charge in [0, 0.05) is 23.6 Å². The van der Waals surface area contributed by atoms with Crippen LogP contribution in [0.25, 0.3) is 0 Å². The molecule has 0 aromatic heterocycles. The van der Waals surface area contributed by atoms with Crippen molar-refractivity contribution in [1.29, 1.82) is 0 Å². The molecule has 2 rings (SSSR count). The Morgan fingerprint density at radius 1 is 1.11 bits per heavy atom. The van der Waals surface area contributed by atoms with Crippen LogP contribution in [0.15, 0.2) is 24.3 Å². The molecule has 2 atom stereocenters. The van der Waals surface area contributed by atoms with E-state index in [-0.39, 0.29) is 0 Å². The monoisotopic (exact) mass is 335 g/mol. The molecule has 1 saturated carbocycles. The van der Waals surface area contributed by atoms with Crippen LogP contribution in [0.3, 0.4) is 0 Å². The smallest absolute Gasteiger partial charge is 0.370 e. The highest BCUT2D eigenvalue weighted by atomic mass is 79.9. The van der Waals surface area contributed by atoms with Crippen molar-refractivity contribution in [1.82, 2.24) is 0 Å². The Hall–Kier alpha value is -0.710. The SMILES string of the molecule is CN(c1ccc(C(F)(F)F)cc1)C1CCCCC1Br. The third kappa shape index (κ3) is 3.44. The molecule has 19 heavy (non-hydrogen) atoms. The highest BCUT2D eigenvalue weighted by Crippen LogP contribution is 2.33. The topological polar surface area (TPSA) is 3.24 Å². The maximum atomic E-state index is 12.5. The minimum absolute atomic E-state index is 0.352. The molecule has 0 spiro atoms. The molecule has 0 amide bonds. The fraction of sp³-hybridized carbons (Fsp3) is 0.571. The van der Waals surface area contributed by atoms with Gasteiger partial charge in [-0.2, -0.15) is 13.2 Å². The molecule has 0 N–H and O–H groups in total. The van der Waals surface area contributed by atoms with Gasteiger partial charge in [0.15, 0.2) is 0 Å². The second-order valence-electron chi connectivity index (χ2n) is 5.02. The number of rotatable bonds is 2. The van der Waals surface area contributed by atoms with Crippen LogP contribution in [0.1, 0.15) is 31.2 Å². The van der Waals surface area contributed by atoms with Crippen LogP contribution < -0.4 is 4.90 Å². The van der Waals surface area contributed by atoms with Crippen molar-refractivity contribution in [3.8, 4) is 0 Å². The molecule has 1 aliphatic rings. The van der Waals surface area contributed by atoms with Crippen molar-refractivity contribution in [2.45, 2.75) is 42.7 Å².